The molecule has 3 rings (SSSR count). The number of nitrogens with zero attached hydrogens (tertiary/aromatic N) is 3. The van der Waals surface area contributed by atoms with Gasteiger partial charge in [0.1, 0.15) is 5.82 Å². The Hall–Kier alpha value is -2.20. The molecule has 20 heavy (non-hydrogen) atoms. The number of aliphatic hydroxyl groups is 1. The normalized spacial score (nSPS) is 12.8. The maximum absolute atomic E-state index is 10.4. The zero-order chi connectivity index (χ0) is 14.1. The molecule has 2 aromatic heterocycles. The predicted octanol–water partition coefficient (Wildman–Crippen LogP) is 2.55. The minimum absolute atomic E-state index is 0.484. The summed E-state index contributed by atoms with van der Waals surface area (Å²) in [4.78, 5) is 8.68. The Bertz CT molecular complexity index is 748. The van der Waals surface area contributed by atoms with Crippen molar-refractivity contribution < 1.29 is 5.11 Å². The lowest BCUT2D eigenvalue weighted by molar-refractivity contribution is 0.174. The van der Waals surface area contributed by atoms with Crippen molar-refractivity contribution in [2.75, 3.05) is 0 Å². The summed E-state index contributed by atoms with van der Waals surface area (Å²) in [6.45, 7) is 1.98. The third-order valence-electron chi connectivity index (χ3n) is 3.69. The second-order valence-electron chi connectivity index (χ2n) is 5.03. The molecule has 0 aliphatic rings. The Kier molecular flexibility index (Phi) is 3.24. The van der Waals surface area contributed by atoms with Crippen LogP contribution in [0.5, 0.6) is 0 Å². The number of benzene rings is 1. The van der Waals surface area contributed by atoms with Gasteiger partial charge in [-0.25, -0.2) is 4.98 Å². The monoisotopic (exact) mass is 267 g/mol. The average Bonchev–Trinajstić information content (AvgIpc) is 2.76. The van der Waals surface area contributed by atoms with Crippen LogP contribution in [0.1, 0.15) is 23.1 Å². The van der Waals surface area contributed by atoms with E-state index in [2.05, 4.69) is 9.97 Å². The fraction of sp³-hybridized carbons (Fsp3) is 0.250. The van der Waals surface area contributed by atoms with E-state index in [0.29, 0.717) is 6.42 Å². The van der Waals surface area contributed by atoms with Crippen LogP contribution in [-0.2, 0) is 13.5 Å². The summed E-state index contributed by atoms with van der Waals surface area (Å²) in [6.07, 6.45) is 3.36. The van der Waals surface area contributed by atoms with E-state index in [4.69, 9.17) is 0 Å². The van der Waals surface area contributed by atoms with Crippen molar-refractivity contribution in [2.45, 2.75) is 19.4 Å². The average molecular weight is 267 g/mol. The van der Waals surface area contributed by atoms with E-state index in [0.717, 1.165) is 28.0 Å². The van der Waals surface area contributed by atoms with Gasteiger partial charge < -0.3 is 9.67 Å². The van der Waals surface area contributed by atoms with E-state index in [1.54, 1.807) is 12.4 Å². The topological polar surface area (TPSA) is 50.9 Å². The van der Waals surface area contributed by atoms with E-state index < -0.39 is 6.10 Å². The third kappa shape index (κ3) is 2.18. The number of aryl methyl sites for hydroxylation is 2. The molecular weight excluding hydrogens is 250 g/mol. The van der Waals surface area contributed by atoms with E-state index >= 15 is 0 Å². The van der Waals surface area contributed by atoms with Gasteiger partial charge in [-0.05, 0) is 30.7 Å². The molecular formula is C16H17N3O. The molecule has 0 amide bonds. The quantitative estimate of drug-likeness (QED) is 0.793. The number of rotatable bonds is 3. The molecule has 0 aliphatic heterocycles. The number of imidazole rings is 1. The molecule has 0 fully saturated rings. The summed E-state index contributed by atoms with van der Waals surface area (Å²) in [7, 11) is 1.98. The Morgan fingerprint density at radius 2 is 2.05 bits per heavy atom. The van der Waals surface area contributed by atoms with Crippen molar-refractivity contribution in [3.8, 4) is 0 Å². The van der Waals surface area contributed by atoms with Crippen LogP contribution in [0.25, 0.3) is 11.0 Å². The zero-order valence-electron chi connectivity index (χ0n) is 11.6. The van der Waals surface area contributed by atoms with Gasteiger partial charge in [-0.3, -0.25) is 4.98 Å². The van der Waals surface area contributed by atoms with Gasteiger partial charge in [-0.1, -0.05) is 12.1 Å². The van der Waals surface area contributed by atoms with Gasteiger partial charge in [-0.2, -0.15) is 0 Å². The Balaban J connectivity index is 1.93. The SMILES string of the molecule is Cc1ccncc1C(O)Cc1nc2ccccc2n1C. The molecule has 4 nitrogen and oxygen atoms in total. The van der Waals surface area contributed by atoms with Gasteiger partial charge in [0.25, 0.3) is 0 Å². The smallest absolute Gasteiger partial charge is 0.112 e. The summed E-state index contributed by atoms with van der Waals surface area (Å²) in [5.74, 6) is 0.877. The molecule has 1 atom stereocenters. The Morgan fingerprint density at radius 1 is 1.25 bits per heavy atom. The highest BCUT2D eigenvalue weighted by Gasteiger charge is 2.15. The first-order chi connectivity index (χ1) is 9.66. The van der Waals surface area contributed by atoms with E-state index in [9.17, 15) is 5.11 Å². The zero-order valence-corrected chi connectivity index (χ0v) is 11.6. The largest absolute Gasteiger partial charge is 0.388 e. The van der Waals surface area contributed by atoms with Gasteiger partial charge in [0, 0.05) is 31.4 Å². The molecule has 102 valence electrons. The maximum atomic E-state index is 10.4. The molecule has 1 N–H and O–H groups in total. The second kappa shape index (κ2) is 5.06. The van der Waals surface area contributed by atoms with Gasteiger partial charge >= 0.3 is 0 Å². The van der Waals surface area contributed by atoms with Crippen molar-refractivity contribution >= 4 is 11.0 Å². The fourth-order valence-electron chi connectivity index (χ4n) is 2.49. The van der Waals surface area contributed by atoms with Crippen molar-refractivity contribution in [1.29, 1.82) is 0 Å². The third-order valence-corrected chi connectivity index (χ3v) is 3.69. The molecule has 2 heterocycles. The van der Waals surface area contributed by atoms with Crippen LogP contribution in [0, 0.1) is 6.92 Å². The highest BCUT2D eigenvalue weighted by atomic mass is 16.3. The minimum atomic E-state index is -0.584. The summed E-state index contributed by atoms with van der Waals surface area (Å²) >= 11 is 0. The number of pyridine rings is 1. The van der Waals surface area contributed by atoms with Gasteiger partial charge in [-0.15, -0.1) is 0 Å². The van der Waals surface area contributed by atoms with Gasteiger partial charge in [0.15, 0.2) is 0 Å². The van der Waals surface area contributed by atoms with Crippen molar-refractivity contribution in [2.24, 2.45) is 7.05 Å². The van der Waals surface area contributed by atoms with Crippen LogP contribution < -0.4 is 0 Å². The first-order valence-corrected chi connectivity index (χ1v) is 6.65. The summed E-state index contributed by atoms with van der Waals surface area (Å²) in [5.41, 5.74) is 3.95. The summed E-state index contributed by atoms with van der Waals surface area (Å²) in [6, 6.07) is 9.90. The van der Waals surface area contributed by atoms with Crippen LogP contribution >= 0.6 is 0 Å². The van der Waals surface area contributed by atoms with Crippen molar-refractivity contribution in [3.05, 3.63) is 59.7 Å². The Morgan fingerprint density at radius 3 is 2.80 bits per heavy atom. The van der Waals surface area contributed by atoms with E-state index in [-0.39, 0.29) is 0 Å². The molecule has 1 aromatic carbocycles. The number of hydrogen-bond donors (Lipinski definition) is 1. The van der Waals surface area contributed by atoms with E-state index in [1.807, 2.05) is 48.9 Å². The number of fused-ring (bicyclic) bond motifs is 1. The Labute approximate surface area is 117 Å². The molecule has 0 aliphatic carbocycles. The lowest BCUT2D eigenvalue weighted by atomic mass is 10.0. The number of aromatic nitrogens is 3. The predicted molar refractivity (Wildman–Crippen MR) is 78.4 cm³/mol. The standard InChI is InChI=1S/C16H17N3O/c1-11-7-8-17-10-12(11)15(20)9-16-18-13-5-3-4-6-14(13)19(16)2/h3-8,10,15,20H,9H2,1-2H3. The molecule has 4 heteroatoms. The number of para-hydroxylation sites is 2. The maximum Gasteiger partial charge on any atom is 0.112 e. The molecule has 3 aromatic rings. The highest BCUT2D eigenvalue weighted by Crippen LogP contribution is 2.22. The first-order valence-electron chi connectivity index (χ1n) is 6.65. The van der Waals surface area contributed by atoms with E-state index in [1.165, 1.54) is 0 Å². The lowest BCUT2D eigenvalue weighted by Gasteiger charge is -2.12. The molecule has 0 radical (unpaired) electrons. The second-order valence-corrected chi connectivity index (χ2v) is 5.03. The van der Waals surface area contributed by atoms with Crippen LogP contribution in [0.2, 0.25) is 0 Å². The summed E-state index contributed by atoms with van der Waals surface area (Å²) < 4.78 is 2.03. The lowest BCUT2D eigenvalue weighted by Crippen LogP contribution is -2.08. The number of aliphatic hydroxyl groups excluding tert-OH is 1. The number of hydrogen-bond acceptors (Lipinski definition) is 3. The fourth-order valence-corrected chi connectivity index (χ4v) is 2.49. The van der Waals surface area contributed by atoms with Crippen LogP contribution in [0.15, 0.2) is 42.7 Å². The molecule has 0 spiro atoms. The molecule has 0 bridgehead atoms. The van der Waals surface area contributed by atoms with Crippen LogP contribution in [0.3, 0.4) is 0 Å². The van der Waals surface area contributed by atoms with Crippen LogP contribution in [0.4, 0.5) is 0 Å². The van der Waals surface area contributed by atoms with Crippen molar-refractivity contribution in [1.82, 2.24) is 14.5 Å². The molecule has 0 saturated heterocycles. The molecule has 1 unspecified atom stereocenters. The highest BCUT2D eigenvalue weighted by molar-refractivity contribution is 5.75. The van der Waals surface area contributed by atoms with Crippen LogP contribution in [-0.4, -0.2) is 19.6 Å². The molecule has 0 saturated carbocycles. The van der Waals surface area contributed by atoms with Gasteiger partial charge in [0.2, 0.25) is 0 Å². The summed E-state index contributed by atoms with van der Waals surface area (Å²) in [5, 5.41) is 10.4. The van der Waals surface area contributed by atoms with Crippen molar-refractivity contribution in [3.63, 3.8) is 0 Å². The first kappa shape index (κ1) is 12.8. The minimum Gasteiger partial charge on any atom is -0.388 e. The van der Waals surface area contributed by atoms with Gasteiger partial charge in [0.05, 0.1) is 17.1 Å².